The van der Waals surface area contributed by atoms with Crippen LogP contribution in [0.25, 0.3) is 0 Å². The van der Waals surface area contributed by atoms with E-state index in [9.17, 15) is 13.2 Å². The third kappa shape index (κ3) is 3.84. The lowest BCUT2D eigenvalue weighted by atomic mass is 9.92. The molecule has 1 aliphatic heterocycles. The smallest absolute Gasteiger partial charge is 0.365 e. The topological polar surface area (TPSA) is 41.0 Å². The minimum absolute atomic E-state index is 0.00230. The first-order valence-corrected chi connectivity index (χ1v) is 6.97. The molecule has 0 aliphatic carbocycles. The summed E-state index contributed by atoms with van der Waals surface area (Å²) in [5, 5.41) is 3.17. The number of aromatic nitrogens is 2. The lowest BCUT2D eigenvalue weighted by molar-refractivity contribution is -0.188. The van der Waals surface area contributed by atoms with E-state index in [2.05, 4.69) is 36.1 Å². The summed E-state index contributed by atoms with van der Waals surface area (Å²) in [5.74, 6) is 0.666. The van der Waals surface area contributed by atoms with Gasteiger partial charge in [0.1, 0.15) is 18.2 Å². The van der Waals surface area contributed by atoms with Crippen LogP contribution >= 0.6 is 0 Å². The molecule has 7 heteroatoms. The zero-order chi connectivity index (χ0) is 15.8. The summed E-state index contributed by atoms with van der Waals surface area (Å²) in [4.78, 5) is 9.76. The number of alkyl halides is 3. The van der Waals surface area contributed by atoms with Gasteiger partial charge in [0.25, 0.3) is 0 Å². The van der Waals surface area contributed by atoms with E-state index < -0.39 is 12.2 Å². The fraction of sp³-hybridized carbons (Fsp3) is 0.714. The van der Waals surface area contributed by atoms with Crippen molar-refractivity contribution in [3.63, 3.8) is 0 Å². The van der Waals surface area contributed by atoms with Crippen LogP contribution in [0.1, 0.15) is 33.4 Å². The van der Waals surface area contributed by atoms with Gasteiger partial charge in [-0.25, -0.2) is 9.97 Å². The Morgan fingerprint density at radius 2 is 1.86 bits per heavy atom. The maximum absolute atomic E-state index is 12.6. The Kier molecular flexibility index (Phi) is 4.15. The van der Waals surface area contributed by atoms with Crippen LogP contribution in [0.3, 0.4) is 0 Å². The third-order valence-electron chi connectivity index (χ3n) is 3.72. The third-order valence-corrected chi connectivity index (χ3v) is 3.72. The number of hydrogen-bond acceptors (Lipinski definition) is 4. The lowest BCUT2D eigenvalue weighted by Gasteiger charge is -2.43. The summed E-state index contributed by atoms with van der Waals surface area (Å²) in [6.45, 7) is 8.09. The Hall–Kier alpha value is -1.37. The van der Waals surface area contributed by atoms with Gasteiger partial charge >= 0.3 is 6.18 Å². The van der Waals surface area contributed by atoms with Crippen molar-refractivity contribution in [3.8, 4) is 0 Å². The van der Waals surface area contributed by atoms with Crippen LogP contribution in [-0.4, -0.2) is 46.2 Å². The Bertz CT molecular complexity index is 490. The highest BCUT2D eigenvalue weighted by Crippen LogP contribution is 2.29. The second-order valence-corrected chi connectivity index (χ2v) is 6.55. The van der Waals surface area contributed by atoms with E-state index in [1.165, 1.54) is 18.2 Å². The standard InChI is InChI=1S/C14H21F3N4/c1-9(14(15,16)17)21-6-10(7-21)20-12-5-11(13(2,3)4)18-8-19-12/h5,8-10H,6-7H2,1-4H3,(H,18,19,20)/t9-/m1/s1. The molecule has 1 atom stereocenters. The molecule has 118 valence electrons. The summed E-state index contributed by atoms with van der Waals surface area (Å²) in [7, 11) is 0. The summed E-state index contributed by atoms with van der Waals surface area (Å²) >= 11 is 0. The number of rotatable bonds is 3. The van der Waals surface area contributed by atoms with E-state index in [1.807, 2.05) is 6.07 Å². The second kappa shape index (κ2) is 5.44. The molecule has 0 aromatic carbocycles. The molecule has 1 N–H and O–H groups in total. The van der Waals surface area contributed by atoms with Crippen LogP contribution in [0.4, 0.5) is 19.0 Å². The predicted molar refractivity (Wildman–Crippen MR) is 75.2 cm³/mol. The van der Waals surface area contributed by atoms with Crippen LogP contribution in [0.5, 0.6) is 0 Å². The van der Waals surface area contributed by atoms with Gasteiger partial charge in [-0.05, 0) is 6.92 Å². The Balaban J connectivity index is 1.91. The SMILES string of the molecule is C[C@@H](N1CC(Nc2cc(C(C)(C)C)ncn2)C1)C(F)(F)F. The summed E-state index contributed by atoms with van der Waals surface area (Å²) in [6.07, 6.45) is -2.68. The van der Waals surface area contributed by atoms with Gasteiger partial charge < -0.3 is 5.32 Å². The largest absolute Gasteiger partial charge is 0.403 e. The molecule has 1 fully saturated rings. The van der Waals surface area contributed by atoms with Gasteiger partial charge in [0.05, 0.1) is 11.7 Å². The molecule has 0 spiro atoms. The van der Waals surface area contributed by atoms with E-state index in [0.29, 0.717) is 18.9 Å². The van der Waals surface area contributed by atoms with Gasteiger partial charge in [-0.3, -0.25) is 4.90 Å². The van der Waals surface area contributed by atoms with E-state index in [0.717, 1.165) is 5.69 Å². The van der Waals surface area contributed by atoms with Crippen molar-refractivity contribution in [2.45, 2.75) is 51.4 Å². The van der Waals surface area contributed by atoms with Gasteiger partial charge in [-0.15, -0.1) is 0 Å². The van der Waals surface area contributed by atoms with Gasteiger partial charge in [-0.1, -0.05) is 20.8 Å². The van der Waals surface area contributed by atoms with Crippen LogP contribution in [0.2, 0.25) is 0 Å². The average Bonchev–Trinajstić information content (AvgIpc) is 2.30. The van der Waals surface area contributed by atoms with Crippen LogP contribution < -0.4 is 5.32 Å². The van der Waals surface area contributed by atoms with Crippen molar-refractivity contribution < 1.29 is 13.2 Å². The second-order valence-electron chi connectivity index (χ2n) is 6.55. The number of anilines is 1. The van der Waals surface area contributed by atoms with Crippen molar-refractivity contribution in [3.05, 3.63) is 18.1 Å². The maximum atomic E-state index is 12.6. The lowest BCUT2D eigenvalue weighted by Crippen LogP contribution is -2.61. The van der Waals surface area contributed by atoms with Gasteiger partial charge in [0, 0.05) is 24.6 Å². The zero-order valence-corrected chi connectivity index (χ0v) is 12.7. The van der Waals surface area contributed by atoms with Crippen LogP contribution in [0.15, 0.2) is 12.4 Å². The molecule has 0 saturated carbocycles. The molecule has 0 bridgehead atoms. The Morgan fingerprint density at radius 1 is 1.24 bits per heavy atom. The molecule has 2 heterocycles. The first-order valence-electron chi connectivity index (χ1n) is 6.97. The fourth-order valence-electron chi connectivity index (χ4n) is 2.18. The Morgan fingerprint density at radius 3 is 2.38 bits per heavy atom. The highest BCUT2D eigenvalue weighted by molar-refractivity contribution is 5.38. The normalized spacial score (nSPS) is 19.2. The van der Waals surface area contributed by atoms with Gasteiger partial charge in [0.2, 0.25) is 0 Å². The summed E-state index contributed by atoms with van der Waals surface area (Å²) in [6, 6.07) is 0.458. The maximum Gasteiger partial charge on any atom is 0.403 e. The first kappa shape index (κ1) is 16.0. The number of nitrogens with zero attached hydrogens (tertiary/aromatic N) is 3. The van der Waals surface area contributed by atoms with E-state index in [4.69, 9.17) is 0 Å². The van der Waals surface area contributed by atoms with Gasteiger partial charge in [-0.2, -0.15) is 13.2 Å². The van der Waals surface area contributed by atoms with E-state index in [-0.39, 0.29) is 11.5 Å². The molecular weight excluding hydrogens is 281 g/mol. The molecule has 0 amide bonds. The number of hydrogen-bond donors (Lipinski definition) is 1. The molecule has 1 aromatic heterocycles. The molecule has 0 unspecified atom stereocenters. The Labute approximate surface area is 122 Å². The number of halogens is 3. The monoisotopic (exact) mass is 302 g/mol. The molecule has 1 aliphatic rings. The quantitative estimate of drug-likeness (QED) is 0.932. The van der Waals surface area contributed by atoms with Crippen molar-refractivity contribution in [1.82, 2.24) is 14.9 Å². The van der Waals surface area contributed by atoms with Crippen molar-refractivity contribution >= 4 is 5.82 Å². The highest BCUT2D eigenvalue weighted by atomic mass is 19.4. The summed E-state index contributed by atoms with van der Waals surface area (Å²) in [5.41, 5.74) is 0.815. The molecule has 4 nitrogen and oxygen atoms in total. The van der Waals surface area contributed by atoms with Crippen molar-refractivity contribution in [2.75, 3.05) is 18.4 Å². The number of nitrogens with one attached hydrogen (secondary N) is 1. The molecule has 2 rings (SSSR count). The van der Waals surface area contributed by atoms with E-state index >= 15 is 0 Å². The fourth-order valence-corrected chi connectivity index (χ4v) is 2.18. The molecule has 21 heavy (non-hydrogen) atoms. The predicted octanol–water partition coefficient (Wildman–Crippen LogP) is 2.82. The molecule has 0 radical (unpaired) electrons. The molecule has 1 aromatic rings. The first-order chi connectivity index (χ1) is 9.57. The van der Waals surface area contributed by atoms with Crippen molar-refractivity contribution in [1.29, 1.82) is 0 Å². The average molecular weight is 302 g/mol. The van der Waals surface area contributed by atoms with Crippen molar-refractivity contribution in [2.24, 2.45) is 0 Å². The van der Waals surface area contributed by atoms with Crippen LogP contribution in [-0.2, 0) is 5.41 Å². The minimum atomic E-state index is -4.17. The summed E-state index contributed by atoms with van der Waals surface area (Å²) < 4.78 is 37.7. The minimum Gasteiger partial charge on any atom is -0.365 e. The van der Waals surface area contributed by atoms with E-state index in [1.54, 1.807) is 0 Å². The molecule has 1 saturated heterocycles. The zero-order valence-electron chi connectivity index (χ0n) is 12.7. The van der Waals surface area contributed by atoms with Crippen LogP contribution in [0, 0.1) is 0 Å². The van der Waals surface area contributed by atoms with Gasteiger partial charge in [0.15, 0.2) is 0 Å². The highest BCUT2D eigenvalue weighted by Gasteiger charge is 2.44. The molecular formula is C14H21F3N4. The number of likely N-dealkylation sites (tertiary alicyclic amines) is 1.